The van der Waals surface area contributed by atoms with Gasteiger partial charge in [0.15, 0.2) is 22.4 Å². The molecule has 2 aromatic carbocycles. The van der Waals surface area contributed by atoms with E-state index in [1.54, 1.807) is 6.92 Å². The highest BCUT2D eigenvalue weighted by molar-refractivity contribution is 7.16. The number of anilines is 1. The van der Waals surface area contributed by atoms with E-state index in [1.807, 2.05) is 60.5 Å². The Morgan fingerprint density at radius 3 is 2.75 bits per heavy atom. The van der Waals surface area contributed by atoms with Gasteiger partial charge in [0.05, 0.1) is 11.5 Å². The maximum Gasteiger partial charge on any atom is 0.317 e. The number of fused-ring (bicyclic) bond motifs is 1. The van der Waals surface area contributed by atoms with E-state index in [-0.39, 0.29) is 19.2 Å². The summed E-state index contributed by atoms with van der Waals surface area (Å²) >= 11 is 8.05. The van der Waals surface area contributed by atoms with Crippen LogP contribution in [0.2, 0.25) is 5.15 Å². The number of carbonyl (C=O) groups is 2. The highest BCUT2D eigenvalue weighted by Crippen LogP contribution is 2.47. The maximum absolute atomic E-state index is 13.3. The average Bonchev–Trinajstić information content (AvgIpc) is 3.50. The molecule has 0 N–H and O–H groups in total. The van der Waals surface area contributed by atoms with Crippen LogP contribution in [0.4, 0.5) is 5.13 Å². The van der Waals surface area contributed by atoms with E-state index >= 15 is 0 Å². The Morgan fingerprint density at radius 1 is 1.19 bits per heavy atom. The zero-order valence-electron chi connectivity index (χ0n) is 19.9. The lowest BCUT2D eigenvalue weighted by Crippen LogP contribution is -2.33. The fourth-order valence-electron chi connectivity index (χ4n) is 4.55. The molecule has 3 aromatic rings. The average molecular weight is 525 g/mol. The molecule has 2 unspecified atom stereocenters. The Morgan fingerprint density at radius 2 is 1.97 bits per heavy atom. The minimum absolute atomic E-state index is 0.167. The number of thiazole rings is 1. The molecular weight excluding hydrogens is 500 g/mol. The maximum atomic E-state index is 13.3. The monoisotopic (exact) mass is 524 g/mol. The van der Waals surface area contributed by atoms with Gasteiger partial charge in [-0.05, 0) is 48.3 Å². The number of hydrogen-bond donors (Lipinski definition) is 0. The van der Waals surface area contributed by atoms with Crippen LogP contribution in [0.5, 0.6) is 11.5 Å². The van der Waals surface area contributed by atoms with Crippen molar-refractivity contribution in [3.63, 3.8) is 0 Å². The van der Waals surface area contributed by atoms with Gasteiger partial charge < -0.3 is 19.1 Å². The minimum atomic E-state index is -0.979. The molecule has 0 radical (unpaired) electrons. The van der Waals surface area contributed by atoms with Crippen LogP contribution in [0, 0.1) is 5.92 Å². The summed E-state index contributed by atoms with van der Waals surface area (Å²) in [4.78, 5) is 33.5. The number of aromatic nitrogens is 1. The Bertz CT molecular complexity index is 1320. The van der Waals surface area contributed by atoms with Gasteiger partial charge in [-0.1, -0.05) is 59.3 Å². The van der Waals surface area contributed by atoms with Crippen molar-refractivity contribution in [1.29, 1.82) is 0 Å². The van der Waals surface area contributed by atoms with Crippen molar-refractivity contribution in [2.45, 2.75) is 25.8 Å². The van der Waals surface area contributed by atoms with Gasteiger partial charge in [0, 0.05) is 19.5 Å². The second-order valence-electron chi connectivity index (χ2n) is 8.67. The number of nitrogens with zero attached hydrogens (tertiary/aromatic N) is 2. The largest absolute Gasteiger partial charge is 0.465 e. The molecule has 186 valence electrons. The molecule has 0 spiro atoms. The summed E-state index contributed by atoms with van der Waals surface area (Å²) in [6.45, 7) is 2.73. The molecule has 0 fully saturated rings. The van der Waals surface area contributed by atoms with Crippen LogP contribution < -0.4 is 14.4 Å². The fourth-order valence-corrected chi connectivity index (χ4v) is 5.99. The van der Waals surface area contributed by atoms with E-state index in [1.165, 1.54) is 17.4 Å². The van der Waals surface area contributed by atoms with Crippen molar-refractivity contribution in [2.75, 3.05) is 25.3 Å². The van der Waals surface area contributed by atoms with E-state index in [0.29, 0.717) is 39.6 Å². The lowest BCUT2D eigenvalue weighted by Gasteiger charge is -2.28. The van der Waals surface area contributed by atoms with Crippen LogP contribution in [0.1, 0.15) is 35.3 Å². The van der Waals surface area contributed by atoms with Crippen LogP contribution in [0.25, 0.3) is 5.57 Å². The predicted octanol–water partition coefficient (Wildman–Crippen LogP) is 5.48. The normalized spacial score (nSPS) is 18.6. The zero-order valence-corrected chi connectivity index (χ0v) is 21.5. The molecule has 0 amide bonds. The molecule has 36 heavy (non-hydrogen) atoms. The molecule has 2 atom stereocenters. The van der Waals surface area contributed by atoms with Gasteiger partial charge in [-0.25, -0.2) is 4.98 Å². The van der Waals surface area contributed by atoms with Crippen molar-refractivity contribution in [3.05, 3.63) is 75.8 Å². The number of benzene rings is 2. The molecular formula is C27H25ClN2O5S. The molecule has 0 saturated heterocycles. The second kappa shape index (κ2) is 10.3. The lowest BCUT2D eigenvalue weighted by molar-refractivity contribution is -0.151. The van der Waals surface area contributed by atoms with Crippen molar-refractivity contribution < 1.29 is 23.8 Å². The molecule has 2 aliphatic rings. The van der Waals surface area contributed by atoms with Gasteiger partial charge in [-0.15, -0.1) is 0 Å². The van der Waals surface area contributed by atoms with Crippen molar-refractivity contribution in [2.24, 2.45) is 5.92 Å². The number of hydrogen-bond acceptors (Lipinski definition) is 8. The third-order valence-corrected chi connectivity index (χ3v) is 7.98. The van der Waals surface area contributed by atoms with Gasteiger partial charge in [-0.3, -0.25) is 9.59 Å². The lowest BCUT2D eigenvalue weighted by atomic mass is 9.76. The summed E-state index contributed by atoms with van der Waals surface area (Å²) in [6.07, 6.45) is 1.96. The first-order valence-electron chi connectivity index (χ1n) is 11.7. The van der Waals surface area contributed by atoms with Crippen molar-refractivity contribution in [1.82, 2.24) is 4.98 Å². The quantitative estimate of drug-likeness (QED) is 0.299. The number of allylic oxidation sites excluding steroid dienone is 2. The Balaban J connectivity index is 1.48. The van der Waals surface area contributed by atoms with Crippen LogP contribution in [0.15, 0.2) is 54.6 Å². The van der Waals surface area contributed by atoms with Crippen LogP contribution in [-0.4, -0.2) is 37.2 Å². The number of ketones is 1. The fraction of sp³-hybridized carbons (Fsp3) is 0.296. The second-order valence-corrected chi connectivity index (χ2v) is 10.0. The molecule has 9 heteroatoms. The molecule has 0 bridgehead atoms. The van der Waals surface area contributed by atoms with Crippen molar-refractivity contribution >= 4 is 45.4 Å². The Labute approximate surface area is 218 Å². The SMILES string of the molecule is CCOC(=O)C1C(=O)C=C(c2ccc3c(c2)OCO3)CC1c1sc(N(C)Cc2ccccc2)nc1Cl. The van der Waals surface area contributed by atoms with Gasteiger partial charge in [0.1, 0.15) is 11.1 Å². The number of esters is 1. The molecule has 5 rings (SSSR count). The van der Waals surface area contributed by atoms with Gasteiger partial charge >= 0.3 is 5.97 Å². The first kappa shape index (κ1) is 24.3. The Hall–Kier alpha value is -3.36. The molecule has 2 heterocycles. The first-order valence-corrected chi connectivity index (χ1v) is 12.9. The summed E-state index contributed by atoms with van der Waals surface area (Å²) < 4.78 is 16.2. The minimum Gasteiger partial charge on any atom is -0.465 e. The van der Waals surface area contributed by atoms with E-state index in [2.05, 4.69) is 4.98 Å². The van der Waals surface area contributed by atoms with E-state index in [4.69, 9.17) is 25.8 Å². The topological polar surface area (TPSA) is 78.0 Å². The summed E-state index contributed by atoms with van der Waals surface area (Å²) in [7, 11) is 1.94. The van der Waals surface area contributed by atoms with E-state index in [9.17, 15) is 9.59 Å². The number of halogens is 1. The Kier molecular flexibility index (Phi) is 6.98. The molecule has 1 aliphatic carbocycles. The molecule has 1 aliphatic heterocycles. The smallest absolute Gasteiger partial charge is 0.317 e. The van der Waals surface area contributed by atoms with Crippen LogP contribution >= 0.6 is 22.9 Å². The van der Waals surface area contributed by atoms with E-state index < -0.39 is 17.8 Å². The highest BCUT2D eigenvalue weighted by atomic mass is 35.5. The van der Waals surface area contributed by atoms with Crippen molar-refractivity contribution in [3.8, 4) is 11.5 Å². The summed E-state index contributed by atoms with van der Waals surface area (Å²) in [5.74, 6) is -1.03. The third kappa shape index (κ3) is 4.83. The summed E-state index contributed by atoms with van der Waals surface area (Å²) in [5.41, 5.74) is 2.77. The number of ether oxygens (including phenoxy) is 3. The molecule has 1 aromatic heterocycles. The predicted molar refractivity (Wildman–Crippen MR) is 139 cm³/mol. The summed E-state index contributed by atoms with van der Waals surface area (Å²) in [6, 6.07) is 15.6. The first-order chi connectivity index (χ1) is 17.4. The standard InChI is InChI=1S/C27H25ClN2O5S/c1-3-33-26(32)23-19(11-18(12-20(23)31)17-9-10-21-22(13-17)35-15-34-21)24-25(28)29-27(36-24)30(2)14-16-7-5-4-6-8-16/h4-10,12-13,19,23H,3,11,14-15H2,1-2H3. The number of carbonyl (C=O) groups excluding carboxylic acids is 2. The zero-order chi connectivity index (χ0) is 25.2. The van der Waals surface area contributed by atoms with Crippen LogP contribution in [0.3, 0.4) is 0 Å². The number of rotatable bonds is 7. The highest BCUT2D eigenvalue weighted by Gasteiger charge is 2.42. The van der Waals surface area contributed by atoms with Gasteiger partial charge in [-0.2, -0.15) is 0 Å². The third-order valence-electron chi connectivity index (χ3n) is 6.27. The van der Waals surface area contributed by atoms with Gasteiger partial charge in [0.2, 0.25) is 6.79 Å². The van der Waals surface area contributed by atoms with Gasteiger partial charge in [0.25, 0.3) is 0 Å². The molecule has 7 nitrogen and oxygen atoms in total. The molecule has 0 saturated carbocycles. The van der Waals surface area contributed by atoms with Crippen LogP contribution in [-0.2, 0) is 20.9 Å². The van der Waals surface area contributed by atoms with E-state index in [0.717, 1.165) is 16.7 Å². The summed E-state index contributed by atoms with van der Waals surface area (Å²) in [5, 5.41) is 1.02.